The number of methoxy groups -OCH3 is 1. The van der Waals surface area contributed by atoms with Crippen LogP contribution in [-0.4, -0.2) is 47.4 Å². The first-order chi connectivity index (χ1) is 12.0. The molecule has 2 aliphatic heterocycles. The number of aliphatic hydroxyl groups excluding tert-OH is 1. The third kappa shape index (κ3) is 2.33. The van der Waals surface area contributed by atoms with Gasteiger partial charge in [-0.25, -0.2) is 5.21 Å². The van der Waals surface area contributed by atoms with E-state index in [0.29, 0.717) is 25.4 Å². The Balaban J connectivity index is 1.65. The molecule has 5 nitrogen and oxygen atoms in total. The highest BCUT2D eigenvalue weighted by atomic mass is 16.5. The van der Waals surface area contributed by atoms with Gasteiger partial charge in [-0.2, -0.15) is 4.65 Å². The van der Waals surface area contributed by atoms with E-state index in [1.54, 1.807) is 7.11 Å². The number of hydrogen-bond donors (Lipinski definition) is 2. The van der Waals surface area contributed by atoms with E-state index in [0.717, 1.165) is 30.0 Å². The van der Waals surface area contributed by atoms with Crippen molar-refractivity contribution in [2.45, 2.75) is 49.9 Å². The number of aliphatic hydroxyl groups is 1. The molecule has 0 radical (unpaired) electrons. The van der Waals surface area contributed by atoms with Crippen LogP contribution in [0.5, 0.6) is 11.5 Å². The summed E-state index contributed by atoms with van der Waals surface area (Å²) in [6.07, 6.45) is 7.37. The van der Waals surface area contributed by atoms with Gasteiger partial charge in [-0.05, 0) is 25.0 Å². The molecule has 0 bridgehead atoms. The third-order valence-corrected chi connectivity index (χ3v) is 6.50. The van der Waals surface area contributed by atoms with Gasteiger partial charge in [0.25, 0.3) is 0 Å². The molecule has 2 heterocycles. The molecule has 2 aliphatic carbocycles. The maximum atomic E-state index is 11.3. The summed E-state index contributed by atoms with van der Waals surface area (Å²) in [5, 5.41) is 21.4. The predicted molar refractivity (Wildman–Crippen MR) is 91.7 cm³/mol. The summed E-state index contributed by atoms with van der Waals surface area (Å²) in [6.45, 7) is 2.18. The van der Waals surface area contributed by atoms with Crippen LogP contribution in [-0.2, 0) is 12.0 Å². The normalized spacial score (nSPS) is 38.5. The smallest absolute Gasteiger partial charge is 0.166 e. The van der Waals surface area contributed by atoms with Gasteiger partial charge in [0.05, 0.1) is 18.6 Å². The molecule has 0 aromatic heterocycles. The van der Waals surface area contributed by atoms with Gasteiger partial charge in [-0.15, -0.1) is 0 Å². The molecule has 4 aliphatic rings. The number of benzene rings is 1. The van der Waals surface area contributed by atoms with Crippen LogP contribution >= 0.6 is 0 Å². The van der Waals surface area contributed by atoms with Crippen LogP contribution in [0.15, 0.2) is 24.3 Å². The zero-order valence-electron chi connectivity index (χ0n) is 14.6. The summed E-state index contributed by atoms with van der Waals surface area (Å²) in [5.74, 6) is 2.22. The molecule has 134 valence electrons. The van der Waals surface area contributed by atoms with E-state index in [9.17, 15) is 10.3 Å². The monoisotopic (exact) mass is 344 g/mol. The highest BCUT2D eigenvalue weighted by Gasteiger charge is 2.55. The fraction of sp³-hybridized carbons (Fsp3) is 0.600. The zero-order valence-corrected chi connectivity index (χ0v) is 14.6. The third-order valence-electron chi connectivity index (χ3n) is 6.50. The second-order valence-corrected chi connectivity index (χ2v) is 8.29. The van der Waals surface area contributed by atoms with E-state index >= 15 is 0 Å². The highest BCUT2D eigenvalue weighted by molar-refractivity contribution is 5.60. The van der Waals surface area contributed by atoms with E-state index in [4.69, 9.17) is 9.47 Å². The van der Waals surface area contributed by atoms with Crippen molar-refractivity contribution in [3.8, 4) is 11.5 Å². The lowest BCUT2D eigenvalue weighted by Crippen LogP contribution is -2.48. The average Bonchev–Trinajstić information content (AvgIpc) is 3.33. The van der Waals surface area contributed by atoms with Gasteiger partial charge >= 0.3 is 0 Å². The minimum absolute atomic E-state index is 0.0926. The molecule has 1 unspecified atom stereocenters. The summed E-state index contributed by atoms with van der Waals surface area (Å²) in [5.41, 5.74) is 2.06. The van der Waals surface area contributed by atoms with Crippen molar-refractivity contribution in [1.82, 2.24) is 0 Å². The van der Waals surface area contributed by atoms with Gasteiger partial charge in [0.2, 0.25) is 0 Å². The Bertz CT molecular complexity index is 743. The summed E-state index contributed by atoms with van der Waals surface area (Å²) in [6, 6.07) is 4.04. The first-order valence-corrected chi connectivity index (χ1v) is 9.36. The van der Waals surface area contributed by atoms with Crippen LogP contribution in [0.4, 0.5) is 0 Å². The van der Waals surface area contributed by atoms with E-state index in [1.165, 1.54) is 18.4 Å². The Labute approximate surface area is 148 Å². The van der Waals surface area contributed by atoms with Crippen molar-refractivity contribution in [3.05, 3.63) is 35.4 Å². The van der Waals surface area contributed by atoms with Gasteiger partial charge in [-0.1, -0.05) is 12.2 Å². The number of ether oxygens (including phenoxy) is 2. The quantitative estimate of drug-likeness (QED) is 0.653. The lowest BCUT2D eigenvalue weighted by atomic mass is 9.69. The number of rotatable bonds is 3. The summed E-state index contributed by atoms with van der Waals surface area (Å²) < 4.78 is 12.0. The van der Waals surface area contributed by atoms with Crippen molar-refractivity contribution >= 4 is 0 Å². The SMILES string of the molecule is COc1ccc2c3c1O[C@H]1C[C@@H](O)C=C[C@@]31CC[N+](O)(CC1CC1)C2. The second kappa shape index (κ2) is 5.22. The Morgan fingerprint density at radius 2 is 2.20 bits per heavy atom. The fourth-order valence-electron chi connectivity index (χ4n) is 5.06. The van der Waals surface area contributed by atoms with Gasteiger partial charge in [0.1, 0.15) is 25.7 Å². The molecule has 25 heavy (non-hydrogen) atoms. The molecular formula is C20H26NO4+. The van der Waals surface area contributed by atoms with E-state index < -0.39 is 6.10 Å². The minimum atomic E-state index is -0.470. The number of nitrogens with zero attached hydrogens (tertiary/aromatic N) is 1. The molecule has 0 amide bonds. The maximum Gasteiger partial charge on any atom is 0.166 e. The van der Waals surface area contributed by atoms with Crippen LogP contribution in [0.1, 0.15) is 36.8 Å². The molecule has 1 spiro atoms. The zero-order chi connectivity index (χ0) is 17.2. The molecule has 2 N–H and O–H groups in total. The molecule has 1 fully saturated rings. The van der Waals surface area contributed by atoms with Gasteiger partial charge in [-0.3, -0.25) is 0 Å². The Kier molecular flexibility index (Phi) is 3.28. The number of hydroxylamine groups is 3. The topological polar surface area (TPSA) is 58.9 Å². The summed E-state index contributed by atoms with van der Waals surface area (Å²) >= 11 is 0. The average molecular weight is 344 g/mol. The lowest BCUT2D eigenvalue weighted by molar-refractivity contribution is -1.11. The van der Waals surface area contributed by atoms with Crippen LogP contribution in [0.3, 0.4) is 0 Å². The van der Waals surface area contributed by atoms with Crippen molar-refractivity contribution in [2.24, 2.45) is 5.92 Å². The molecule has 5 rings (SSSR count). The van der Waals surface area contributed by atoms with Crippen LogP contribution in [0.2, 0.25) is 0 Å². The lowest BCUT2D eigenvalue weighted by Gasteiger charge is -2.36. The molecule has 1 aromatic carbocycles. The van der Waals surface area contributed by atoms with Crippen molar-refractivity contribution in [2.75, 3.05) is 20.2 Å². The molecule has 1 saturated carbocycles. The largest absolute Gasteiger partial charge is 0.493 e. The number of quaternary nitrogens is 1. The second-order valence-electron chi connectivity index (χ2n) is 8.29. The summed E-state index contributed by atoms with van der Waals surface area (Å²) in [4.78, 5) is 0. The van der Waals surface area contributed by atoms with E-state index in [1.807, 2.05) is 12.1 Å². The summed E-state index contributed by atoms with van der Waals surface area (Å²) in [7, 11) is 1.66. The van der Waals surface area contributed by atoms with E-state index in [-0.39, 0.29) is 16.2 Å². The minimum Gasteiger partial charge on any atom is -0.493 e. The van der Waals surface area contributed by atoms with Gasteiger partial charge in [0, 0.05) is 29.9 Å². The standard InChI is InChI=1S/C20H26NO4/c1-24-16-5-4-14-12-21(23,11-13-2-3-13)9-8-20-7-6-15(22)10-17(20)25-19(16)18(14)20/h4-7,13,15,17,22-23H,2-3,8-12H2,1H3/q+1/t15-,17-,20-,21?/m0/s1. The van der Waals surface area contributed by atoms with Crippen LogP contribution in [0.25, 0.3) is 0 Å². The van der Waals surface area contributed by atoms with Crippen LogP contribution < -0.4 is 9.47 Å². The molecule has 5 heteroatoms. The fourth-order valence-corrected chi connectivity index (χ4v) is 5.06. The number of hydrogen-bond acceptors (Lipinski definition) is 4. The predicted octanol–water partition coefficient (Wildman–Crippen LogP) is 2.53. The van der Waals surface area contributed by atoms with Gasteiger partial charge in [0.15, 0.2) is 11.5 Å². The molecule has 4 atom stereocenters. The van der Waals surface area contributed by atoms with Crippen molar-refractivity contribution < 1.29 is 24.4 Å². The Morgan fingerprint density at radius 1 is 1.36 bits per heavy atom. The first kappa shape index (κ1) is 15.7. The van der Waals surface area contributed by atoms with Crippen molar-refractivity contribution in [3.63, 3.8) is 0 Å². The highest BCUT2D eigenvalue weighted by Crippen LogP contribution is 2.56. The van der Waals surface area contributed by atoms with Crippen molar-refractivity contribution in [1.29, 1.82) is 0 Å². The van der Waals surface area contributed by atoms with E-state index in [2.05, 4.69) is 12.1 Å². The molecule has 1 aromatic rings. The molecule has 0 saturated heterocycles. The maximum absolute atomic E-state index is 11.3. The first-order valence-electron chi connectivity index (χ1n) is 9.36. The Hall–Kier alpha value is -1.56. The Morgan fingerprint density at radius 3 is 2.96 bits per heavy atom. The van der Waals surface area contributed by atoms with Gasteiger partial charge < -0.3 is 14.6 Å². The van der Waals surface area contributed by atoms with Crippen LogP contribution in [0, 0.1) is 5.92 Å². The molecular weight excluding hydrogens is 318 g/mol.